The van der Waals surface area contributed by atoms with Gasteiger partial charge in [0.25, 0.3) is 0 Å². The molecular weight excluding hydrogens is 855 g/mol. The molecule has 0 amide bonds. The van der Waals surface area contributed by atoms with Crippen molar-refractivity contribution in [3.8, 4) is 0 Å². The summed E-state index contributed by atoms with van der Waals surface area (Å²) >= 11 is 0. The molecule has 0 heterocycles. The van der Waals surface area contributed by atoms with Crippen LogP contribution < -0.4 is 0 Å². The molecule has 0 radical (unpaired) electrons. The minimum Gasteiger partial charge on any atom is -0.466 e. The van der Waals surface area contributed by atoms with Crippen LogP contribution in [-0.2, 0) is 47.6 Å². The number of carbonyl (C=O) groups is 5. The SMILES string of the molecule is CCCCCCCCCCOC(=O)CCCCCC(=O)OCC(COC(=O)CCCCCCCOC(=O)C(CCCCCC)CCCCCCCC)COC(=O)OCCCN(CC)CCCO. The Balaban J connectivity index is 4.64. The first-order valence-electron chi connectivity index (χ1n) is 27.5. The Labute approximate surface area is 408 Å². The van der Waals surface area contributed by atoms with Crippen LogP contribution in [0.2, 0.25) is 0 Å². The third-order valence-corrected chi connectivity index (χ3v) is 12.3. The number of aliphatic hydroxyl groups excluding tert-OH is 1. The Hall–Kier alpha value is -2.93. The zero-order valence-corrected chi connectivity index (χ0v) is 43.4. The molecule has 0 aromatic heterocycles. The van der Waals surface area contributed by atoms with E-state index in [9.17, 15) is 24.0 Å². The number of nitrogens with zero attached hydrogens (tertiary/aromatic N) is 1. The van der Waals surface area contributed by atoms with Gasteiger partial charge in [-0.2, -0.15) is 0 Å². The van der Waals surface area contributed by atoms with Crippen LogP contribution in [0.15, 0.2) is 0 Å². The van der Waals surface area contributed by atoms with E-state index in [4.69, 9.17) is 33.5 Å². The molecule has 0 bridgehead atoms. The summed E-state index contributed by atoms with van der Waals surface area (Å²) in [5.74, 6) is -1.60. The van der Waals surface area contributed by atoms with Gasteiger partial charge in [-0.3, -0.25) is 19.2 Å². The lowest BCUT2D eigenvalue weighted by Gasteiger charge is -2.20. The van der Waals surface area contributed by atoms with E-state index in [2.05, 4.69) is 25.7 Å². The topological polar surface area (TPSA) is 164 Å². The van der Waals surface area contributed by atoms with Gasteiger partial charge in [-0.1, -0.05) is 163 Å². The summed E-state index contributed by atoms with van der Waals surface area (Å²) in [4.78, 5) is 64.9. The molecule has 13 nitrogen and oxygen atoms in total. The van der Waals surface area contributed by atoms with Crippen LogP contribution in [0.3, 0.4) is 0 Å². The first-order valence-corrected chi connectivity index (χ1v) is 27.5. The molecule has 0 saturated carbocycles. The van der Waals surface area contributed by atoms with Crippen LogP contribution in [0.25, 0.3) is 0 Å². The normalized spacial score (nSPS) is 12.1. The highest BCUT2D eigenvalue weighted by Gasteiger charge is 2.20. The van der Waals surface area contributed by atoms with Gasteiger partial charge in [0.1, 0.15) is 19.8 Å². The number of carbonyl (C=O) groups excluding carboxylic acids is 5. The Morgan fingerprint density at radius 1 is 0.403 bits per heavy atom. The zero-order chi connectivity index (χ0) is 49.3. The lowest BCUT2D eigenvalue weighted by molar-refractivity contribution is -0.151. The summed E-state index contributed by atoms with van der Waals surface area (Å²) in [6.45, 7) is 11.9. The predicted molar refractivity (Wildman–Crippen MR) is 267 cm³/mol. The van der Waals surface area contributed by atoms with Crippen molar-refractivity contribution in [1.82, 2.24) is 4.90 Å². The average Bonchev–Trinajstić information content (AvgIpc) is 3.32. The second-order valence-corrected chi connectivity index (χ2v) is 18.6. The molecule has 0 saturated heterocycles. The van der Waals surface area contributed by atoms with Gasteiger partial charge < -0.3 is 38.4 Å². The Morgan fingerprint density at radius 3 is 1.30 bits per heavy atom. The Morgan fingerprint density at radius 2 is 0.791 bits per heavy atom. The van der Waals surface area contributed by atoms with Gasteiger partial charge in [0, 0.05) is 39.0 Å². The van der Waals surface area contributed by atoms with Crippen LogP contribution in [0, 0.1) is 11.8 Å². The molecule has 0 rings (SSSR count). The van der Waals surface area contributed by atoms with Crippen LogP contribution >= 0.6 is 0 Å². The fourth-order valence-corrected chi connectivity index (χ4v) is 7.87. The second-order valence-electron chi connectivity index (χ2n) is 18.6. The minimum atomic E-state index is -0.845. The summed E-state index contributed by atoms with van der Waals surface area (Å²) in [5, 5.41) is 9.10. The van der Waals surface area contributed by atoms with Gasteiger partial charge in [0.2, 0.25) is 0 Å². The smallest absolute Gasteiger partial charge is 0.466 e. The van der Waals surface area contributed by atoms with Crippen molar-refractivity contribution >= 4 is 30.0 Å². The van der Waals surface area contributed by atoms with E-state index in [0.717, 1.165) is 83.8 Å². The van der Waals surface area contributed by atoms with E-state index in [1.807, 2.05) is 6.92 Å². The number of esters is 4. The van der Waals surface area contributed by atoms with Crippen LogP contribution in [0.1, 0.15) is 240 Å². The van der Waals surface area contributed by atoms with Crippen molar-refractivity contribution in [3.63, 3.8) is 0 Å². The maximum Gasteiger partial charge on any atom is 0.508 e. The molecule has 0 fully saturated rings. The van der Waals surface area contributed by atoms with E-state index in [0.29, 0.717) is 58.2 Å². The van der Waals surface area contributed by atoms with Crippen LogP contribution in [-0.4, -0.2) is 106 Å². The molecule has 0 spiro atoms. The summed E-state index contributed by atoms with van der Waals surface area (Å²) in [6, 6.07) is 0. The molecule has 13 heteroatoms. The molecule has 1 N–H and O–H groups in total. The van der Waals surface area contributed by atoms with Gasteiger partial charge in [-0.25, -0.2) is 4.79 Å². The van der Waals surface area contributed by atoms with E-state index in [1.54, 1.807) is 0 Å². The zero-order valence-electron chi connectivity index (χ0n) is 43.4. The standard InChI is InChI=1S/C54H101NO12/c1-5-9-12-15-17-18-22-30-42-62-50(57)36-28-24-29-38-52(59)66-46-48(47-67-54(61)64-44-33-40-55(8-4)39-32-41-56)45-65-51(58)37-27-21-19-23-31-43-63-53(60)49(34-25-14-11-7-3)35-26-20-16-13-10-6-2/h48-49,56H,5-47H2,1-4H3. The molecule has 0 aliphatic carbocycles. The highest BCUT2D eigenvalue weighted by molar-refractivity contribution is 5.72. The quantitative estimate of drug-likeness (QED) is 0.0348. The van der Waals surface area contributed by atoms with Gasteiger partial charge in [-0.15, -0.1) is 0 Å². The van der Waals surface area contributed by atoms with Crippen LogP contribution in [0.4, 0.5) is 4.79 Å². The number of hydrogen-bond acceptors (Lipinski definition) is 13. The van der Waals surface area contributed by atoms with E-state index in [1.165, 1.54) is 89.9 Å². The Kier molecular flexibility index (Phi) is 47.3. The molecule has 0 aromatic carbocycles. The van der Waals surface area contributed by atoms with Crippen molar-refractivity contribution in [2.75, 3.05) is 65.9 Å². The van der Waals surface area contributed by atoms with Gasteiger partial charge in [0.05, 0.1) is 31.7 Å². The fourth-order valence-electron chi connectivity index (χ4n) is 7.87. The first-order chi connectivity index (χ1) is 32.7. The molecular formula is C54H101NO12. The molecule has 2 atom stereocenters. The van der Waals surface area contributed by atoms with Crippen LogP contribution in [0.5, 0.6) is 0 Å². The lowest BCUT2D eigenvalue weighted by Crippen LogP contribution is -2.28. The van der Waals surface area contributed by atoms with Crippen molar-refractivity contribution in [3.05, 3.63) is 0 Å². The molecule has 0 aromatic rings. The van der Waals surface area contributed by atoms with E-state index < -0.39 is 18.0 Å². The highest BCUT2D eigenvalue weighted by atomic mass is 16.7. The van der Waals surface area contributed by atoms with Gasteiger partial charge in [-0.05, 0) is 64.3 Å². The molecule has 0 aliphatic rings. The number of hydrogen-bond donors (Lipinski definition) is 1. The van der Waals surface area contributed by atoms with E-state index >= 15 is 0 Å². The summed E-state index contributed by atoms with van der Waals surface area (Å²) in [7, 11) is 0. The third-order valence-electron chi connectivity index (χ3n) is 12.3. The number of unbranched alkanes of at least 4 members (excludes halogenated alkanes) is 21. The van der Waals surface area contributed by atoms with Crippen molar-refractivity contribution in [2.24, 2.45) is 11.8 Å². The lowest BCUT2D eigenvalue weighted by atomic mass is 9.94. The average molecular weight is 956 g/mol. The third kappa shape index (κ3) is 44.1. The number of ether oxygens (including phenoxy) is 6. The molecule has 2 unspecified atom stereocenters. The predicted octanol–water partition coefficient (Wildman–Crippen LogP) is 12.8. The van der Waals surface area contributed by atoms with Crippen molar-refractivity contribution in [2.45, 2.75) is 240 Å². The summed E-state index contributed by atoms with van der Waals surface area (Å²) in [5.41, 5.74) is 0. The molecule has 394 valence electrons. The molecule has 0 aliphatic heterocycles. The van der Waals surface area contributed by atoms with Crippen molar-refractivity contribution < 1.29 is 57.5 Å². The largest absolute Gasteiger partial charge is 0.508 e. The minimum absolute atomic E-state index is 0.00540. The fraction of sp³-hybridized carbons (Fsp3) is 0.907. The van der Waals surface area contributed by atoms with Gasteiger partial charge >= 0.3 is 30.0 Å². The summed E-state index contributed by atoms with van der Waals surface area (Å²) in [6.07, 6.45) is 30.5. The number of rotatable bonds is 50. The maximum atomic E-state index is 13.0. The number of aliphatic hydroxyl groups is 1. The monoisotopic (exact) mass is 956 g/mol. The second kappa shape index (κ2) is 49.5. The van der Waals surface area contributed by atoms with Gasteiger partial charge in [0.15, 0.2) is 0 Å². The highest BCUT2D eigenvalue weighted by Crippen LogP contribution is 2.21. The van der Waals surface area contributed by atoms with Crippen molar-refractivity contribution in [1.29, 1.82) is 0 Å². The molecule has 67 heavy (non-hydrogen) atoms. The Bertz CT molecular complexity index is 1170. The van der Waals surface area contributed by atoms with E-state index in [-0.39, 0.29) is 69.7 Å². The maximum absolute atomic E-state index is 13.0. The first kappa shape index (κ1) is 64.1. The summed E-state index contributed by atoms with van der Waals surface area (Å²) < 4.78 is 32.7.